The van der Waals surface area contributed by atoms with Crippen LogP contribution in [0.15, 0.2) is 16.6 Å². The van der Waals surface area contributed by atoms with Gasteiger partial charge in [0.1, 0.15) is 0 Å². The van der Waals surface area contributed by atoms with Crippen LogP contribution in [0.1, 0.15) is 15.9 Å². The van der Waals surface area contributed by atoms with Gasteiger partial charge in [0.15, 0.2) is 0 Å². The first kappa shape index (κ1) is 12.3. The van der Waals surface area contributed by atoms with Gasteiger partial charge >= 0.3 is 6.18 Å². The van der Waals surface area contributed by atoms with E-state index in [0.29, 0.717) is 6.07 Å². The number of alkyl halides is 3. The van der Waals surface area contributed by atoms with Crippen LogP contribution in [0.25, 0.3) is 0 Å². The Bertz CT molecular complexity index is 396. The van der Waals surface area contributed by atoms with Crippen molar-refractivity contribution in [3.05, 3.63) is 27.7 Å². The number of halogens is 5. The van der Waals surface area contributed by atoms with E-state index in [4.69, 9.17) is 17.3 Å². The van der Waals surface area contributed by atoms with Gasteiger partial charge in [0, 0.05) is 10.2 Å². The molecule has 7 heteroatoms. The molecule has 0 amide bonds. The minimum atomic E-state index is -4.51. The summed E-state index contributed by atoms with van der Waals surface area (Å²) in [6, 6.07) is 1.42. The molecule has 0 aliphatic heterocycles. The van der Waals surface area contributed by atoms with Crippen molar-refractivity contribution in [2.45, 2.75) is 6.18 Å². The van der Waals surface area contributed by atoms with E-state index in [9.17, 15) is 18.0 Å². The van der Waals surface area contributed by atoms with Gasteiger partial charge in [0.25, 0.3) is 5.24 Å². The lowest BCUT2D eigenvalue weighted by Gasteiger charge is -2.10. The molecule has 0 heterocycles. The van der Waals surface area contributed by atoms with Crippen molar-refractivity contribution < 1.29 is 18.0 Å². The van der Waals surface area contributed by atoms with Gasteiger partial charge in [-0.15, -0.1) is 0 Å². The van der Waals surface area contributed by atoms with E-state index in [1.165, 1.54) is 0 Å². The number of carbonyl (C=O) groups is 1. The van der Waals surface area contributed by atoms with Crippen molar-refractivity contribution in [3.8, 4) is 0 Å². The standard InChI is InChI=1S/C8H4BrClF3NO/c9-4-1-3(8(11,12)13)2-5(14)6(4)7(10)15/h1-2H,14H2. The third-order valence-electron chi connectivity index (χ3n) is 1.64. The summed E-state index contributed by atoms with van der Waals surface area (Å²) in [5.41, 5.74) is 3.88. The van der Waals surface area contributed by atoms with E-state index in [2.05, 4.69) is 15.9 Å². The minimum absolute atomic E-state index is 0.0742. The van der Waals surface area contributed by atoms with Gasteiger partial charge in [-0.3, -0.25) is 4.79 Å². The molecule has 2 N–H and O–H groups in total. The smallest absolute Gasteiger partial charge is 0.398 e. The number of benzene rings is 1. The van der Waals surface area contributed by atoms with Crippen LogP contribution in [0.3, 0.4) is 0 Å². The molecule has 0 aliphatic carbocycles. The molecule has 1 rings (SSSR count). The van der Waals surface area contributed by atoms with Crippen LogP contribution in [0.2, 0.25) is 0 Å². The highest BCUT2D eigenvalue weighted by atomic mass is 79.9. The zero-order valence-electron chi connectivity index (χ0n) is 7.03. The Labute approximate surface area is 96.3 Å². The van der Waals surface area contributed by atoms with Crippen LogP contribution >= 0.6 is 27.5 Å². The first-order valence-corrected chi connectivity index (χ1v) is 4.76. The number of hydrogen-bond acceptors (Lipinski definition) is 2. The van der Waals surface area contributed by atoms with Gasteiger partial charge in [-0.25, -0.2) is 0 Å². The highest BCUT2D eigenvalue weighted by molar-refractivity contribution is 9.10. The average Bonchev–Trinajstić information content (AvgIpc) is 1.99. The first-order valence-electron chi connectivity index (χ1n) is 3.59. The molecule has 0 fully saturated rings. The van der Waals surface area contributed by atoms with E-state index in [-0.39, 0.29) is 15.7 Å². The lowest BCUT2D eigenvalue weighted by atomic mass is 10.1. The molecule has 0 bridgehead atoms. The fourth-order valence-electron chi connectivity index (χ4n) is 0.999. The summed E-state index contributed by atoms with van der Waals surface area (Å²) in [4.78, 5) is 10.8. The van der Waals surface area contributed by atoms with Crippen LogP contribution in [0, 0.1) is 0 Å². The molecule has 0 radical (unpaired) electrons. The number of nitrogens with two attached hydrogens (primary N) is 1. The third-order valence-corrected chi connectivity index (χ3v) is 2.46. The Morgan fingerprint density at radius 2 is 1.93 bits per heavy atom. The highest BCUT2D eigenvalue weighted by Crippen LogP contribution is 2.35. The van der Waals surface area contributed by atoms with Crippen LogP contribution in [-0.2, 0) is 6.18 Å². The molecule has 82 valence electrons. The number of anilines is 1. The van der Waals surface area contributed by atoms with Crippen molar-refractivity contribution in [2.75, 3.05) is 5.73 Å². The molecular formula is C8H4BrClF3NO. The first-order chi connectivity index (χ1) is 6.73. The van der Waals surface area contributed by atoms with Crippen LogP contribution in [-0.4, -0.2) is 5.24 Å². The fraction of sp³-hybridized carbons (Fsp3) is 0.125. The normalized spacial score (nSPS) is 11.5. The molecule has 2 nitrogen and oxygen atoms in total. The second kappa shape index (κ2) is 4.02. The third kappa shape index (κ3) is 2.63. The lowest BCUT2D eigenvalue weighted by molar-refractivity contribution is -0.137. The van der Waals surface area contributed by atoms with Crippen molar-refractivity contribution >= 4 is 38.5 Å². The van der Waals surface area contributed by atoms with Crippen LogP contribution in [0.4, 0.5) is 18.9 Å². The Morgan fingerprint density at radius 1 is 1.40 bits per heavy atom. The average molecular weight is 302 g/mol. The summed E-state index contributed by atoms with van der Waals surface area (Å²) in [6.45, 7) is 0. The zero-order valence-corrected chi connectivity index (χ0v) is 9.37. The monoisotopic (exact) mass is 301 g/mol. The maximum absolute atomic E-state index is 12.3. The maximum atomic E-state index is 12.3. The van der Waals surface area contributed by atoms with E-state index in [1.54, 1.807) is 0 Å². The fourth-order valence-corrected chi connectivity index (χ4v) is 1.98. The predicted molar refractivity (Wildman–Crippen MR) is 53.7 cm³/mol. The summed E-state index contributed by atoms with van der Waals surface area (Å²) < 4.78 is 36.8. The molecule has 0 saturated carbocycles. The number of rotatable bonds is 1. The number of carbonyl (C=O) groups excluding carboxylic acids is 1. The second-order valence-electron chi connectivity index (χ2n) is 2.69. The molecule has 0 aromatic heterocycles. The van der Waals surface area contributed by atoms with Crippen molar-refractivity contribution in [1.82, 2.24) is 0 Å². The molecule has 1 aromatic rings. The van der Waals surface area contributed by atoms with E-state index in [0.717, 1.165) is 6.07 Å². The lowest BCUT2D eigenvalue weighted by Crippen LogP contribution is -2.08. The summed E-state index contributed by atoms with van der Waals surface area (Å²) in [6.07, 6.45) is -4.51. The Balaban J connectivity index is 3.39. The predicted octanol–water partition coefficient (Wildman–Crippen LogP) is 3.43. The molecular weight excluding hydrogens is 298 g/mol. The SMILES string of the molecule is Nc1cc(C(F)(F)F)cc(Br)c1C(=O)Cl. The summed E-state index contributed by atoms with van der Waals surface area (Å²) in [5.74, 6) is 0. The van der Waals surface area contributed by atoms with Gasteiger partial charge in [0.05, 0.1) is 11.1 Å². The quantitative estimate of drug-likeness (QED) is 0.638. The minimum Gasteiger partial charge on any atom is -0.398 e. The van der Waals surface area contributed by atoms with Crippen LogP contribution < -0.4 is 5.73 Å². The van der Waals surface area contributed by atoms with E-state index >= 15 is 0 Å². The van der Waals surface area contributed by atoms with Crippen molar-refractivity contribution in [3.63, 3.8) is 0 Å². The van der Waals surface area contributed by atoms with E-state index in [1.807, 2.05) is 0 Å². The highest BCUT2D eigenvalue weighted by Gasteiger charge is 2.32. The molecule has 15 heavy (non-hydrogen) atoms. The van der Waals surface area contributed by atoms with E-state index < -0.39 is 17.0 Å². The second-order valence-corrected chi connectivity index (χ2v) is 3.89. The van der Waals surface area contributed by atoms with Crippen LogP contribution in [0.5, 0.6) is 0 Å². The Morgan fingerprint density at radius 3 is 2.27 bits per heavy atom. The van der Waals surface area contributed by atoms with Crippen molar-refractivity contribution in [2.24, 2.45) is 0 Å². The molecule has 0 atom stereocenters. The number of nitrogen functional groups attached to an aromatic ring is 1. The molecule has 0 spiro atoms. The molecule has 0 aliphatic rings. The summed E-state index contributed by atoms with van der Waals surface area (Å²) in [5, 5.41) is -0.909. The maximum Gasteiger partial charge on any atom is 0.416 e. The number of hydrogen-bond donors (Lipinski definition) is 1. The van der Waals surface area contributed by atoms with Gasteiger partial charge < -0.3 is 5.73 Å². The summed E-state index contributed by atoms with van der Waals surface area (Å²) >= 11 is 7.96. The van der Waals surface area contributed by atoms with Gasteiger partial charge in [0.2, 0.25) is 0 Å². The summed E-state index contributed by atoms with van der Waals surface area (Å²) in [7, 11) is 0. The largest absolute Gasteiger partial charge is 0.416 e. The van der Waals surface area contributed by atoms with Crippen molar-refractivity contribution in [1.29, 1.82) is 0 Å². The molecule has 0 unspecified atom stereocenters. The Hall–Kier alpha value is -0.750. The topological polar surface area (TPSA) is 43.1 Å². The van der Waals surface area contributed by atoms with Gasteiger partial charge in [-0.05, 0) is 39.7 Å². The molecule has 0 saturated heterocycles. The van der Waals surface area contributed by atoms with Gasteiger partial charge in [-0.2, -0.15) is 13.2 Å². The zero-order chi connectivity index (χ0) is 11.8. The van der Waals surface area contributed by atoms with Gasteiger partial charge in [-0.1, -0.05) is 0 Å². The Kier molecular flexibility index (Phi) is 3.30. The molecule has 1 aromatic carbocycles.